The summed E-state index contributed by atoms with van der Waals surface area (Å²) in [6.07, 6.45) is -0.588. The predicted molar refractivity (Wildman–Crippen MR) is 96.7 cm³/mol. The van der Waals surface area contributed by atoms with Crippen LogP contribution in [0.25, 0.3) is 0 Å². The second-order valence-electron chi connectivity index (χ2n) is 6.30. The first-order valence-electron chi connectivity index (χ1n) is 8.78. The number of nitrogens with one attached hydrogen (secondary N) is 1. The van der Waals surface area contributed by atoms with E-state index in [-0.39, 0.29) is 12.1 Å². The van der Waals surface area contributed by atoms with Gasteiger partial charge in [-0.3, -0.25) is 0 Å². The Morgan fingerprint density at radius 1 is 1.33 bits per heavy atom. The SMILES string of the molecule is COCCOc1cccc(NC(=O)N2C[C@@H](C)O[C@@H](c3nnc(C)o3)C2)c1. The van der Waals surface area contributed by atoms with Gasteiger partial charge < -0.3 is 28.8 Å². The molecule has 1 aromatic heterocycles. The zero-order valence-corrected chi connectivity index (χ0v) is 15.7. The van der Waals surface area contributed by atoms with Crippen molar-refractivity contribution in [1.29, 1.82) is 0 Å². The molecule has 27 heavy (non-hydrogen) atoms. The minimum absolute atomic E-state index is 0.148. The quantitative estimate of drug-likeness (QED) is 0.773. The van der Waals surface area contributed by atoms with Crippen LogP contribution in [-0.2, 0) is 9.47 Å². The van der Waals surface area contributed by atoms with Crippen molar-refractivity contribution in [3.05, 3.63) is 36.0 Å². The van der Waals surface area contributed by atoms with E-state index in [9.17, 15) is 4.79 Å². The minimum atomic E-state index is -0.440. The lowest BCUT2D eigenvalue weighted by Crippen LogP contribution is -2.47. The fourth-order valence-corrected chi connectivity index (χ4v) is 2.80. The first kappa shape index (κ1) is 19.1. The lowest BCUT2D eigenvalue weighted by molar-refractivity contribution is -0.0754. The van der Waals surface area contributed by atoms with Gasteiger partial charge in [-0.05, 0) is 19.1 Å². The summed E-state index contributed by atoms with van der Waals surface area (Å²) in [5, 5.41) is 10.7. The van der Waals surface area contributed by atoms with Crippen LogP contribution in [0, 0.1) is 6.92 Å². The molecule has 0 radical (unpaired) electrons. The molecular weight excluding hydrogens is 352 g/mol. The summed E-state index contributed by atoms with van der Waals surface area (Å²) in [5.41, 5.74) is 0.652. The summed E-state index contributed by atoms with van der Waals surface area (Å²) in [6.45, 7) is 5.37. The number of carbonyl (C=O) groups excluding carboxylic acids is 1. The number of carbonyl (C=O) groups is 1. The molecule has 0 aliphatic carbocycles. The lowest BCUT2D eigenvalue weighted by Gasteiger charge is -2.35. The maximum absolute atomic E-state index is 12.7. The van der Waals surface area contributed by atoms with Crippen LogP contribution in [-0.4, -0.2) is 60.6 Å². The van der Waals surface area contributed by atoms with Crippen LogP contribution in [0.4, 0.5) is 10.5 Å². The van der Waals surface area contributed by atoms with Crippen molar-refractivity contribution in [2.45, 2.75) is 26.1 Å². The Morgan fingerprint density at radius 3 is 2.93 bits per heavy atom. The number of urea groups is 1. The van der Waals surface area contributed by atoms with Gasteiger partial charge >= 0.3 is 6.03 Å². The number of rotatable bonds is 6. The number of amides is 2. The zero-order valence-electron chi connectivity index (χ0n) is 15.7. The fourth-order valence-electron chi connectivity index (χ4n) is 2.80. The van der Waals surface area contributed by atoms with Crippen LogP contribution in [0.15, 0.2) is 28.7 Å². The maximum Gasteiger partial charge on any atom is 0.322 e. The Balaban J connectivity index is 1.62. The van der Waals surface area contributed by atoms with Gasteiger partial charge in [0.2, 0.25) is 11.8 Å². The molecule has 0 spiro atoms. The first-order chi connectivity index (χ1) is 13.0. The van der Waals surface area contributed by atoms with E-state index in [4.69, 9.17) is 18.6 Å². The van der Waals surface area contributed by atoms with Crippen molar-refractivity contribution in [1.82, 2.24) is 15.1 Å². The molecule has 9 nitrogen and oxygen atoms in total. The Morgan fingerprint density at radius 2 is 2.19 bits per heavy atom. The van der Waals surface area contributed by atoms with Gasteiger partial charge in [0.15, 0.2) is 6.10 Å². The molecule has 2 amide bonds. The minimum Gasteiger partial charge on any atom is -0.491 e. The van der Waals surface area contributed by atoms with Crippen LogP contribution in [0.5, 0.6) is 5.75 Å². The van der Waals surface area contributed by atoms with Gasteiger partial charge in [-0.25, -0.2) is 4.79 Å². The number of ether oxygens (including phenoxy) is 3. The van der Waals surface area contributed by atoms with Gasteiger partial charge in [-0.1, -0.05) is 6.07 Å². The van der Waals surface area contributed by atoms with E-state index >= 15 is 0 Å². The number of hydrogen-bond donors (Lipinski definition) is 1. The Hall–Kier alpha value is -2.65. The summed E-state index contributed by atoms with van der Waals surface area (Å²) in [7, 11) is 1.62. The number of hydrogen-bond acceptors (Lipinski definition) is 7. The lowest BCUT2D eigenvalue weighted by atomic mass is 10.2. The monoisotopic (exact) mass is 376 g/mol. The molecule has 146 valence electrons. The summed E-state index contributed by atoms with van der Waals surface area (Å²) in [6, 6.07) is 7.01. The molecule has 1 aliphatic heterocycles. The molecule has 1 saturated heterocycles. The Bertz CT molecular complexity index is 766. The van der Waals surface area contributed by atoms with Crippen LogP contribution in [0.3, 0.4) is 0 Å². The molecule has 0 bridgehead atoms. The second kappa shape index (κ2) is 8.83. The average molecular weight is 376 g/mol. The number of benzene rings is 1. The van der Waals surface area contributed by atoms with E-state index in [0.29, 0.717) is 49.5 Å². The van der Waals surface area contributed by atoms with Crippen LogP contribution in [0.1, 0.15) is 24.8 Å². The summed E-state index contributed by atoms with van der Waals surface area (Å²) < 4.78 is 21.8. The van der Waals surface area contributed by atoms with Gasteiger partial charge in [0.05, 0.1) is 19.3 Å². The van der Waals surface area contributed by atoms with Crippen molar-refractivity contribution in [2.24, 2.45) is 0 Å². The number of nitrogens with zero attached hydrogens (tertiary/aromatic N) is 3. The molecule has 2 aromatic rings. The third-order valence-corrected chi connectivity index (χ3v) is 4.01. The van der Waals surface area contributed by atoms with Crippen molar-refractivity contribution >= 4 is 11.7 Å². The largest absolute Gasteiger partial charge is 0.491 e. The molecular formula is C18H24N4O5. The number of anilines is 1. The van der Waals surface area contributed by atoms with E-state index in [0.717, 1.165) is 0 Å². The average Bonchev–Trinajstić information content (AvgIpc) is 3.08. The molecule has 0 saturated carbocycles. The van der Waals surface area contributed by atoms with E-state index in [2.05, 4.69) is 15.5 Å². The number of morpholine rings is 1. The van der Waals surface area contributed by atoms with Crippen molar-refractivity contribution in [3.63, 3.8) is 0 Å². The van der Waals surface area contributed by atoms with Gasteiger partial charge in [-0.15, -0.1) is 10.2 Å². The van der Waals surface area contributed by atoms with E-state index < -0.39 is 6.10 Å². The van der Waals surface area contributed by atoms with Crippen molar-refractivity contribution in [3.8, 4) is 5.75 Å². The fraction of sp³-hybridized carbons (Fsp3) is 0.500. The van der Waals surface area contributed by atoms with E-state index in [1.165, 1.54) is 0 Å². The summed E-state index contributed by atoms with van der Waals surface area (Å²) in [5.74, 6) is 1.51. The second-order valence-corrected chi connectivity index (χ2v) is 6.30. The van der Waals surface area contributed by atoms with E-state index in [1.807, 2.05) is 25.1 Å². The standard InChI is InChI=1S/C18H24N4O5/c1-12-10-22(11-16(26-12)17-21-20-13(2)27-17)18(23)19-14-5-4-6-15(9-14)25-8-7-24-3/h4-6,9,12,16H,7-8,10-11H2,1-3H3,(H,19,23)/t12-,16-/m1/s1. The highest BCUT2D eigenvalue weighted by Gasteiger charge is 2.32. The first-order valence-corrected chi connectivity index (χ1v) is 8.78. The van der Waals surface area contributed by atoms with Crippen LogP contribution >= 0.6 is 0 Å². The van der Waals surface area contributed by atoms with E-state index in [1.54, 1.807) is 25.0 Å². The van der Waals surface area contributed by atoms with Gasteiger partial charge in [0.25, 0.3) is 0 Å². The van der Waals surface area contributed by atoms with Crippen molar-refractivity contribution in [2.75, 3.05) is 38.7 Å². The topological polar surface area (TPSA) is 99.0 Å². The maximum atomic E-state index is 12.7. The number of aryl methyl sites for hydroxylation is 1. The highest BCUT2D eigenvalue weighted by Crippen LogP contribution is 2.25. The third-order valence-electron chi connectivity index (χ3n) is 4.01. The highest BCUT2D eigenvalue weighted by molar-refractivity contribution is 5.89. The molecule has 3 rings (SSSR count). The van der Waals surface area contributed by atoms with Gasteiger partial charge in [0, 0.05) is 32.3 Å². The highest BCUT2D eigenvalue weighted by atomic mass is 16.5. The molecule has 1 N–H and O–H groups in total. The molecule has 1 aliphatic rings. The predicted octanol–water partition coefficient (Wildman–Crippen LogP) is 2.40. The molecule has 9 heteroatoms. The Kier molecular flexibility index (Phi) is 6.25. The molecule has 1 fully saturated rings. The molecule has 0 unspecified atom stereocenters. The number of methoxy groups -OCH3 is 1. The normalized spacial score (nSPS) is 19.7. The van der Waals surface area contributed by atoms with Gasteiger partial charge in [-0.2, -0.15) is 0 Å². The molecule has 2 heterocycles. The zero-order chi connectivity index (χ0) is 19.2. The molecule has 2 atom stereocenters. The summed E-state index contributed by atoms with van der Waals surface area (Å²) >= 11 is 0. The third kappa shape index (κ3) is 5.18. The van der Waals surface area contributed by atoms with Gasteiger partial charge in [0.1, 0.15) is 12.4 Å². The van der Waals surface area contributed by atoms with Crippen molar-refractivity contribution < 1.29 is 23.4 Å². The van der Waals surface area contributed by atoms with Crippen LogP contribution < -0.4 is 10.1 Å². The number of aromatic nitrogens is 2. The Labute approximate surface area is 157 Å². The van der Waals surface area contributed by atoms with Crippen LogP contribution in [0.2, 0.25) is 0 Å². The summed E-state index contributed by atoms with van der Waals surface area (Å²) in [4.78, 5) is 14.4. The smallest absolute Gasteiger partial charge is 0.322 e. The molecule has 1 aromatic carbocycles.